The van der Waals surface area contributed by atoms with Gasteiger partial charge in [0, 0.05) is 18.9 Å². The molecule has 1 amide bonds. The summed E-state index contributed by atoms with van der Waals surface area (Å²) in [7, 11) is 0. The van der Waals surface area contributed by atoms with E-state index in [1.807, 2.05) is 63.2 Å². The van der Waals surface area contributed by atoms with Crippen molar-refractivity contribution in [2.75, 3.05) is 13.2 Å². The van der Waals surface area contributed by atoms with Gasteiger partial charge in [0.05, 0.1) is 30.2 Å². The van der Waals surface area contributed by atoms with Crippen molar-refractivity contribution in [3.63, 3.8) is 0 Å². The van der Waals surface area contributed by atoms with Crippen molar-refractivity contribution in [3.8, 4) is 11.5 Å². The Bertz CT molecular complexity index is 1580. The molecule has 5 rings (SSSR count). The van der Waals surface area contributed by atoms with Gasteiger partial charge in [-0.05, 0) is 79.6 Å². The average molecular weight is 527 g/mol. The van der Waals surface area contributed by atoms with Crippen LogP contribution in [0.4, 0.5) is 0 Å². The number of carbonyl (C=O) groups is 1. The second-order valence-electron chi connectivity index (χ2n) is 10.5. The third kappa shape index (κ3) is 5.13. The Kier molecular flexibility index (Phi) is 7.42. The third-order valence-corrected chi connectivity index (χ3v) is 7.01. The predicted octanol–water partition coefficient (Wildman–Crippen LogP) is 6.37. The summed E-state index contributed by atoms with van der Waals surface area (Å²) in [6.45, 7) is 11.4. The van der Waals surface area contributed by atoms with E-state index in [1.54, 1.807) is 17.3 Å². The summed E-state index contributed by atoms with van der Waals surface area (Å²) in [6.07, 6.45) is 4.34. The topological polar surface area (TPSA) is 81.9 Å². The highest BCUT2D eigenvalue weighted by molar-refractivity contribution is 5.99. The Morgan fingerprint density at radius 1 is 1.05 bits per heavy atom. The first-order valence-corrected chi connectivity index (χ1v) is 13.5. The van der Waals surface area contributed by atoms with Crippen LogP contribution in [0, 0.1) is 19.8 Å². The van der Waals surface area contributed by atoms with Gasteiger partial charge in [-0.15, -0.1) is 0 Å². The van der Waals surface area contributed by atoms with Crippen LogP contribution in [0.25, 0.3) is 11.0 Å². The van der Waals surface area contributed by atoms with E-state index in [4.69, 9.17) is 13.9 Å². The highest BCUT2D eigenvalue weighted by Crippen LogP contribution is 2.42. The SMILES string of the molecule is CCOc1cc(C2c3c(oc4c(C)cc(C)cc4c3=O)C(=O)N2Cc2cccnc2)ccc1OCCC(C)C. The van der Waals surface area contributed by atoms with Crippen LogP contribution in [0.3, 0.4) is 0 Å². The van der Waals surface area contributed by atoms with Crippen molar-refractivity contribution in [1.82, 2.24) is 9.88 Å². The number of rotatable bonds is 9. The van der Waals surface area contributed by atoms with Gasteiger partial charge in [-0.25, -0.2) is 0 Å². The molecule has 0 saturated carbocycles. The number of hydrogen-bond acceptors (Lipinski definition) is 6. The summed E-state index contributed by atoms with van der Waals surface area (Å²) >= 11 is 0. The molecular formula is C32H34N2O5. The minimum absolute atomic E-state index is 0.0866. The Labute approximate surface area is 228 Å². The molecule has 0 N–H and O–H groups in total. The maximum atomic E-state index is 14.0. The fourth-order valence-electron chi connectivity index (χ4n) is 5.16. The van der Waals surface area contributed by atoms with Gasteiger partial charge < -0.3 is 18.8 Å². The first-order chi connectivity index (χ1) is 18.8. The second-order valence-corrected chi connectivity index (χ2v) is 10.5. The summed E-state index contributed by atoms with van der Waals surface area (Å²) in [4.78, 5) is 33.8. The zero-order valence-corrected chi connectivity index (χ0v) is 23.1. The van der Waals surface area contributed by atoms with Crippen molar-refractivity contribution in [2.24, 2.45) is 5.92 Å². The molecule has 1 aliphatic heterocycles. The lowest BCUT2D eigenvalue weighted by molar-refractivity contribution is 0.0714. The molecule has 0 saturated heterocycles. The van der Waals surface area contributed by atoms with Crippen molar-refractivity contribution in [1.29, 1.82) is 0 Å². The smallest absolute Gasteiger partial charge is 0.291 e. The molecule has 1 unspecified atom stereocenters. The van der Waals surface area contributed by atoms with Gasteiger partial charge in [-0.2, -0.15) is 0 Å². The summed E-state index contributed by atoms with van der Waals surface area (Å²) in [5, 5.41) is 0.478. The number of nitrogens with zero attached hydrogens (tertiary/aromatic N) is 2. The summed E-state index contributed by atoms with van der Waals surface area (Å²) in [5.41, 5.74) is 3.98. The number of amides is 1. The highest BCUT2D eigenvalue weighted by Gasteiger charge is 2.43. The van der Waals surface area contributed by atoms with Crippen LogP contribution in [-0.4, -0.2) is 29.0 Å². The zero-order chi connectivity index (χ0) is 27.7. The van der Waals surface area contributed by atoms with E-state index >= 15 is 0 Å². The minimum Gasteiger partial charge on any atom is -0.490 e. The van der Waals surface area contributed by atoms with E-state index in [2.05, 4.69) is 18.8 Å². The standard InChI is InChI=1S/C32H34N2O5/c1-6-37-26-16-23(9-10-25(26)38-13-11-19(2)3)28-27-29(35)24-15-20(4)14-21(5)30(24)39-31(27)32(36)34(28)18-22-8-7-12-33-17-22/h7-10,12,14-17,19,28H,6,11,13,18H2,1-5H3. The van der Waals surface area contributed by atoms with Crippen LogP contribution >= 0.6 is 0 Å². The Morgan fingerprint density at radius 3 is 2.59 bits per heavy atom. The van der Waals surface area contributed by atoms with Crippen molar-refractivity contribution in [2.45, 2.75) is 53.6 Å². The highest BCUT2D eigenvalue weighted by atomic mass is 16.5. The van der Waals surface area contributed by atoms with Crippen LogP contribution in [-0.2, 0) is 6.54 Å². The van der Waals surface area contributed by atoms with Crippen LogP contribution in [0.1, 0.15) is 71.6 Å². The van der Waals surface area contributed by atoms with E-state index in [0.29, 0.717) is 47.2 Å². The summed E-state index contributed by atoms with van der Waals surface area (Å²) in [5.74, 6) is 1.50. The minimum atomic E-state index is -0.655. The third-order valence-electron chi connectivity index (χ3n) is 7.01. The summed E-state index contributed by atoms with van der Waals surface area (Å²) < 4.78 is 18.2. The molecule has 1 atom stereocenters. The monoisotopic (exact) mass is 526 g/mol. The number of hydrogen-bond donors (Lipinski definition) is 0. The molecule has 0 aliphatic carbocycles. The molecular weight excluding hydrogens is 492 g/mol. The van der Waals surface area contributed by atoms with Crippen LogP contribution in [0.2, 0.25) is 0 Å². The Morgan fingerprint density at radius 2 is 1.87 bits per heavy atom. The molecule has 0 fully saturated rings. The quantitative estimate of drug-likeness (QED) is 0.252. The number of carbonyl (C=O) groups excluding carboxylic acids is 1. The first-order valence-electron chi connectivity index (χ1n) is 13.5. The number of ether oxygens (including phenoxy) is 2. The molecule has 2 aromatic heterocycles. The van der Waals surface area contributed by atoms with Crippen molar-refractivity contribution in [3.05, 3.63) is 98.7 Å². The number of aromatic nitrogens is 1. The first kappa shape index (κ1) is 26.5. The van der Waals surface area contributed by atoms with Gasteiger partial charge in [0.2, 0.25) is 5.76 Å². The predicted molar refractivity (Wildman–Crippen MR) is 150 cm³/mol. The molecule has 3 heterocycles. The van der Waals surface area contributed by atoms with Gasteiger partial charge in [0.1, 0.15) is 5.58 Å². The number of aryl methyl sites for hydroxylation is 2. The maximum absolute atomic E-state index is 14.0. The van der Waals surface area contributed by atoms with Crippen LogP contribution in [0.5, 0.6) is 11.5 Å². The van der Waals surface area contributed by atoms with Gasteiger partial charge in [0.25, 0.3) is 5.91 Å². The molecule has 7 nitrogen and oxygen atoms in total. The number of fused-ring (bicyclic) bond motifs is 2. The van der Waals surface area contributed by atoms with E-state index in [0.717, 1.165) is 28.7 Å². The number of benzene rings is 2. The maximum Gasteiger partial charge on any atom is 0.291 e. The molecule has 202 valence electrons. The van der Waals surface area contributed by atoms with Gasteiger partial charge in [0.15, 0.2) is 16.9 Å². The summed E-state index contributed by atoms with van der Waals surface area (Å²) in [6, 6.07) is 12.5. The molecule has 0 spiro atoms. The Balaban J connectivity index is 1.66. The fourth-order valence-corrected chi connectivity index (χ4v) is 5.16. The van der Waals surface area contributed by atoms with Gasteiger partial charge in [-0.1, -0.05) is 32.0 Å². The van der Waals surface area contributed by atoms with E-state index < -0.39 is 6.04 Å². The Hall–Kier alpha value is -4.13. The molecule has 2 aromatic carbocycles. The van der Waals surface area contributed by atoms with Crippen molar-refractivity contribution >= 4 is 16.9 Å². The second kappa shape index (κ2) is 10.9. The van der Waals surface area contributed by atoms with Gasteiger partial charge >= 0.3 is 0 Å². The number of pyridine rings is 1. The normalized spacial score (nSPS) is 14.8. The molecule has 7 heteroatoms. The van der Waals surface area contributed by atoms with Gasteiger partial charge in [-0.3, -0.25) is 14.6 Å². The lowest BCUT2D eigenvalue weighted by Crippen LogP contribution is -2.29. The van der Waals surface area contributed by atoms with E-state index in [1.165, 1.54) is 0 Å². The zero-order valence-electron chi connectivity index (χ0n) is 23.1. The molecule has 0 radical (unpaired) electrons. The molecule has 39 heavy (non-hydrogen) atoms. The lowest BCUT2D eigenvalue weighted by Gasteiger charge is -2.26. The van der Waals surface area contributed by atoms with Crippen LogP contribution < -0.4 is 14.9 Å². The molecule has 4 aromatic rings. The molecule has 0 bridgehead atoms. The van der Waals surface area contributed by atoms with E-state index in [9.17, 15) is 9.59 Å². The lowest BCUT2D eigenvalue weighted by atomic mass is 9.97. The van der Waals surface area contributed by atoms with Crippen molar-refractivity contribution < 1.29 is 18.7 Å². The largest absolute Gasteiger partial charge is 0.490 e. The average Bonchev–Trinajstić information content (AvgIpc) is 3.17. The van der Waals surface area contributed by atoms with E-state index in [-0.39, 0.29) is 23.6 Å². The molecule has 1 aliphatic rings. The fraction of sp³-hybridized carbons (Fsp3) is 0.344. The van der Waals surface area contributed by atoms with Crippen LogP contribution in [0.15, 0.2) is 64.1 Å².